The van der Waals surface area contributed by atoms with Gasteiger partial charge in [0.2, 0.25) is 0 Å². The summed E-state index contributed by atoms with van der Waals surface area (Å²) in [5, 5.41) is 19.0. The molecule has 4 heterocycles. The van der Waals surface area contributed by atoms with Gasteiger partial charge in [0.05, 0.1) is 79.3 Å². The van der Waals surface area contributed by atoms with E-state index < -0.39 is 11.7 Å². The second kappa shape index (κ2) is 15.3. The minimum atomic E-state index is -4.87. The average Bonchev–Trinajstić information content (AvgIpc) is 4.14. The van der Waals surface area contributed by atoms with Crippen LogP contribution in [0.15, 0.2) is 212 Å². The van der Waals surface area contributed by atoms with Gasteiger partial charge < -0.3 is 18.3 Å². The molecule has 4 aromatic heterocycles. The topological polar surface area (TPSA) is 47.9 Å². The molecule has 14 rings (SSSR count). The predicted molar refractivity (Wildman–Crippen MR) is 285 cm³/mol. The molecule has 0 aliphatic carbocycles. The van der Waals surface area contributed by atoms with Crippen LogP contribution in [0.2, 0.25) is 0 Å². The first kappa shape index (κ1) is 41.2. The highest BCUT2D eigenvalue weighted by molar-refractivity contribution is 6.15. The predicted octanol–water partition coefficient (Wildman–Crippen LogP) is 17.2. The molecule has 338 valence electrons. The van der Waals surface area contributed by atoms with Crippen LogP contribution < -0.4 is 0 Å². The lowest BCUT2D eigenvalue weighted by atomic mass is 9.92. The summed E-state index contributed by atoms with van der Waals surface area (Å²) in [6, 6.07) is 70.7. The van der Waals surface area contributed by atoms with E-state index in [1.807, 2.05) is 106 Å². The van der Waals surface area contributed by atoms with Crippen LogP contribution in [0, 0.1) is 17.9 Å². The quantitative estimate of drug-likeness (QED) is 0.159. The van der Waals surface area contributed by atoms with Crippen LogP contribution in [0.1, 0.15) is 11.1 Å². The molecule has 0 spiro atoms. The Morgan fingerprint density at radius 1 is 0.375 bits per heavy atom. The zero-order valence-electron chi connectivity index (χ0n) is 38.0. The molecule has 14 aromatic rings. The van der Waals surface area contributed by atoms with Gasteiger partial charge in [0.25, 0.3) is 0 Å². The molecule has 0 saturated heterocycles. The first-order valence-electron chi connectivity index (χ1n) is 23.5. The first-order valence-corrected chi connectivity index (χ1v) is 23.5. The summed E-state index contributed by atoms with van der Waals surface area (Å²) in [6.45, 7) is 8.49. The summed E-state index contributed by atoms with van der Waals surface area (Å²) < 4.78 is 56.1. The number of nitriles is 1. The van der Waals surface area contributed by atoms with Gasteiger partial charge in [-0.15, -0.1) is 0 Å². The molecule has 9 heteroatoms. The van der Waals surface area contributed by atoms with Crippen molar-refractivity contribution in [2.75, 3.05) is 0 Å². The molecule has 0 aliphatic rings. The van der Waals surface area contributed by atoms with E-state index in [2.05, 4.69) is 105 Å². The van der Waals surface area contributed by atoms with Crippen LogP contribution in [0.3, 0.4) is 0 Å². The molecule has 0 saturated carbocycles. The maximum atomic E-state index is 15.9. The van der Waals surface area contributed by atoms with Crippen molar-refractivity contribution in [3.8, 4) is 39.9 Å². The summed E-state index contributed by atoms with van der Waals surface area (Å²) in [5.41, 5.74) is 8.19. The van der Waals surface area contributed by atoms with E-state index in [9.17, 15) is 5.26 Å². The van der Waals surface area contributed by atoms with Gasteiger partial charge in [-0.25, -0.2) is 4.85 Å². The lowest BCUT2D eigenvalue weighted by molar-refractivity contribution is -0.137. The van der Waals surface area contributed by atoms with Gasteiger partial charge in [-0.05, 0) is 72.8 Å². The van der Waals surface area contributed by atoms with E-state index in [1.165, 1.54) is 12.1 Å². The second-order valence-electron chi connectivity index (χ2n) is 18.2. The maximum absolute atomic E-state index is 15.9. The Kier molecular flexibility index (Phi) is 8.77. The summed E-state index contributed by atoms with van der Waals surface area (Å²) in [6.07, 6.45) is -4.87. The molecule has 0 N–H and O–H groups in total. The van der Waals surface area contributed by atoms with Gasteiger partial charge in [-0.2, -0.15) is 18.4 Å². The monoisotopic (exact) mass is 932 g/mol. The van der Waals surface area contributed by atoms with Crippen molar-refractivity contribution < 1.29 is 13.2 Å². The fraction of sp³-hybridized carbons (Fsp3) is 0.0159. The van der Waals surface area contributed by atoms with E-state index in [-0.39, 0.29) is 22.4 Å². The Balaban J connectivity index is 1.15. The molecule has 0 fully saturated rings. The fourth-order valence-corrected chi connectivity index (χ4v) is 11.5. The Morgan fingerprint density at radius 3 is 1.07 bits per heavy atom. The number of halogens is 3. The number of nitrogens with zero attached hydrogens (tertiary/aromatic N) is 6. The second-order valence-corrected chi connectivity index (χ2v) is 18.2. The zero-order chi connectivity index (χ0) is 48.4. The summed E-state index contributed by atoms with van der Waals surface area (Å²) in [7, 11) is 0. The van der Waals surface area contributed by atoms with Crippen LogP contribution in [0.5, 0.6) is 0 Å². The largest absolute Gasteiger partial charge is 0.415 e. The van der Waals surface area contributed by atoms with Gasteiger partial charge in [-0.1, -0.05) is 140 Å². The van der Waals surface area contributed by atoms with Crippen molar-refractivity contribution in [1.82, 2.24) is 18.3 Å². The Labute approximate surface area is 408 Å². The molecular formula is C63H35F3N6. The van der Waals surface area contributed by atoms with Crippen molar-refractivity contribution in [1.29, 1.82) is 5.26 Å². The Morgan fingerprint density at radius 2 is 0.722 bits per heavy atom. The van der Waals surface area contributed by atoms with Crippen LogP contribution in [0.4, 0.5) is 18.9 Å². The molecule has 0 amide bonds. The molecule has 0 bridgehead atoms. The third kappa shape index (κ3) is 5.83. The summed E-state index contributed by atoms with van der Waals surface area (Å²) in [5.74, 6) is 0. The number of benzene rings is 10. The normalized spacial score (nSPS) is 12.1. The molecule has 6 nitrogen and oxygen atoms in total. The number of aromatic nitrogens is 4. The van der Waals surface area contributed by atoms with E-state index in [0.717, 1.165) is 93.6 Å². The van der Waals surface area contributed by atoms with E-state index in [1.54, 1.807) is 12.1 Å². The van der Waals surface area contributed by atoms with E-state index in [4.69, 9.17) is 6.57 Å². The number of fused-ring (bicyclic) bond motifs is 12. The van der Waals surface area contributed by atoms with E-state index in [0.29, 0.717) is 22.4 Å². The van der Waals surface area contributed by atoms with Gasteiger partial charge in [0, 0.05) is 65.6 Å². The highest BCUT2D eigenvalue weighted by Gasteiger charge is 2.37. The van der Waals surface area contributed by atoms with E-state index >= 15 is 13.2 Å². The standard InChI is InChI=1S/C63H35F3N6/c1-68-50-22-14-21-49(63(64,65)66)61(50)62-59(71-55-27-12-6-19-45(55)47-31-29-39(35-57(47)71)69-51-23-8-2-15-41(51)42-16-3-9-24-52(42)69)33-38(37-67)34-60(62)72-56-28-13-7-20-46(56)48-32-30-40(36-58(48)72)70-53-25-10-4-17-43(53)44-18-5-11-26-54(44)70/h2-36H. The van der Waals surface area contributed by atoms with Gasteiger partial charge in [0.15, 0.2) is 5.69 Å². The lowest BCUT2D eigenvalue weighted by Gasteiger charge is -2.24. The van der Waals surface area contributed by atoms with Crippen LogP contribution in [-0.2, 0) is 6.18 Å². The molecule has 0 aliphatic heterocycles. The Bertz CT molecular complexity index is 4360. The number of para-hydroxylation sites is 6. The smallest absolute Gasteiger partial charge is 0.309 e. The van der Waals surface area contributed by atoms with Crippen molar-refractivity contribution >= 4 is 92.9 Å². The molecule has 10 aromatic carbocycles. The molecule has 0 unspecified atom stereocenters. The van der Waals surface area contributed by atoms with Crippen molar-refractivity contribution in [2.24, 2.45) is 0 Å². The minimum absolute atomic E-state index is 0.155. The molecule has 0 atom stereocenters. The summed E-state index contributed by atoms with van der Waals surface area (Å²) >= 11 is 0. The first-order chi connectivity index (χ1) is 35.3. The average molecular weight is 933 g/mol. The highest BCUT2D eigenvalue weighted by Crippen LogP contribution is 2.50. The summed E-state index contributed by atoms with van der Waals surface area (Å²) in [4.78, 5) is 3.83. The zero-order valence-corrected chi connectivity index (χ0v) is 38.0. The molecule has 0 radical (unpaired) electrons. The third-order valence-electron chi connectivity index (χ3n) is 14.4. The van der Waals surface area contributed by atoms with Crippen LogP contribution in [-0.4, -0.2) is 18.3 Å². The Hall–Kier alpha value is -9.83. The third-order valence-corrected chi connectivity index (χ3v) is 14.4. The fourth-order valence-electron chi connectivity index (χ4n) is 11.5. The lowest BCUT2D eigenvalue weighted by Crippen LogP contribution is -2.11. The van der Waals surface area contributed by atoms with Crippen molar-refractivity contribution in [3.05, 3.63) is 235 Å². The highest BCUT2D eigenvalue weighted by atomic mass is 19.4. The van der Waals surface area contributed by atoms with Gasteiger partial charge in [-0.3, -0.25) is 0 Å². The molecule has 72 heavy (non-hydrogen) atoms. The van der Waals surface area contributed by atoms with Crippen molar-refractivity contribution in [2.45, 2.75) is 6.18 Å². The van der Waals surface area contributed by atoms with Crippen molar-refractivity contribution in [3.63, 3.8) is 0 Å². The number of alkyl halides is 3. The number of hydrogen-bond acceptors (Lipinski definition) is 1. The maximum Gasteiger partial charge on any atom is 0.415 e. The van der Waals surface area contributed by atoms with Gasteiger partial charge in [0.1, 0.15) is 0 Å². The number of rotatable bonds is 5. The van der Waals surface area contributed by atoms with Gasteiger partial charge >= 0.3 is 6.18 Å². The number of hydrogen-bond donors (Lipinski definition) is 0. The van der Waals surface area contributed by atoms with Crippen LogP contribution in [0.25, 0.3) is 126 Å². The van der Waals surface area contributed by atoms with Crippen LogP contribution >= 0.6 is 0 Å². The molecular weight excluding hydrogens is 898 g/mol. The minimum Gasteiger partial charge on any atom is -0.309 e. The SMILES string of the molecule is [C-]#[N+]c1cccc(C(F)(F)F)c1-c1c(-n2c3ccccc3c3ccc(-n4c5ccccc5c5ccccc54)cc32)cc(C#N)cc1-n1c2ccccc2c2ccc(-n3c4ccccc4c4ccccc43)cc21.